The number of nitrogens with one attached hydrogen (secondary N) is 1. The number of amides is 1. The predicted molar refractivity (Wildman–Crippen MR) is 65.7 cm³/mol. The molecule has 2 rings (SSSR count). The standard InChI is InChI=1S/C11H17N3O2.ClH/c1-7-5-8(16-14-7)6-13-11(15)9-3-2-4-10(9)12;/h5,9-10H,2-4,6,12H2,1H3,(H,13,15);1H. The molecule has 96 valence electrons. The molecule has 0 spiro atoms. The summed E-state index contributed by atoms with van der Waals surface area (Å²) in [5, 5.41) is 6.59. The van der Waals surface area contributed by atoms with Crippen LogP contribution in [0.3, 0.4) is 0 Å². The third-order valence-electron chi connectivity index (χ3n) is 3.02. The molecule has 0 aliphatic heterocycles. The summed E-state index contributed by atoms with van der Waals surface area (Å²) in [6.07, 6.45) is 2.88. The molecule has 0 saturated heterocycles. The number of aryl methyl sites for hydroxylation is 1. The van der Waals surface area contributed by atoms with Crippen molar-refractivity contribution in [3.8, 4) is 0 Å². The molecule has 0 bridgehead atoms. The zero-order chi connectivity index (χ0) is 11.5. The van der Waals surface area contributed by atoms with E-state index in [1.54, 1.807) is 0 Å². The van der Waals surface area contributed by atoms with E-state index in [1.165, 1.54) is 0 Å². The molecule has 1 saturated carbocycles. The molecular formula is C11H18ClN3O2. The van der Waals surface area contributed by atoms with Gasteiger partial charge in [0, 0.05) is 12.1 Å². The summed E-state index contributed by atoms with van der Waals surface area (Å²) >= 11 is 0. The van der Waals surface area contributed by atoms with Gasteiger partial charge >= 0.3 is 0 Å². The van der Waals surface area contributed by atoms with Crippen LogP contribution in [-0.4, -0.2) is 17.1 Å². The number of carbonyl (C=O) groups is 1. The molecule has 1 fully saturated rings. The smallest absolute Gasteiger partial charge is 0.225 e. The van der Waals surface area contributed by atoms with Crippen LogP contribution < -0.4 is 11.1 Å². The molecule has 2 unspecified atom stereocenters. The fourth-order valence-corrected chi connectivity index (χ4v) is 2.12. The fraction of sp³-hybridized carbons (Fsp3) is 0.636. The van der Waals surface area contributed by atoms with Gasteiger partial charge in [0.2, 0.25) is 5.91 Å². The molecule has 17 heavy (non-hydrogen) atoms. The largest absolute Gasteiger partial charge is 0.359 e. The maximum absolute atomic E-state index is 11.8. The SMILES string of the molecule is Cc1cc(CNC(=O)C2CCCC2N)on1.Cl. The Hall–Kier alpha value is -1.07. The first-order valence-electron chi connectivity index (χ1n) is 5.62. The summed E-state index contributed by atoms with van der Waals surface area (Å²) in [5.74, 6) is 0.667. The molecule has 1 amide bonds. The summed E-state index contributed by atoms with van der Waals surface area (Å²) in [4.78, 5) is 11.8. The van der Waals surface area contributed by atoms with Gasteiger partial charge in [-0.25, -0.2) is 0 Å². The maximum atomic E-state index is 11.8. The number of nitrogens with zero attached hydrogens (tertiary/aromatic N) is 1. The molecule has 5 nitrogen and oxygen atoms in total. The number of halogens is 1. The van der Waals surface area contributed by atoms with Gasteiger partial charge in [-0.1, -0.05) is 11.6 Å². The number of hydrogen-bond acceptors (Lipinski definition) is 4. The highest BCUT2D eigenvalue weighted by Gasteiger charge is 2.29. The zero-order valence-electron chi connectivity index (χ0n) is 9.81. The van der Waals surface area contributed by atoms with E-state index in [2.05, 4.69) is 10.5 Å². The van der Waals surface area contributed by atoms with Crippen LogP contribution in [0, 0.1) is 12.8 Å². The number of nitrogens with two attached hydrogens (primary N) is 1. The van der Waals surface area contributed by atoms with Crippen molar-refractivity contribution in [3.63, 3.8) is 0 Å². The highest BCUT2D eigenvalue weighted by atomic mass is 35.5. The van der Waals surface area contributed by atoms with Gasteiger partial charge < -0.3 is 15.6 Å². The lowest BCUT2D eigenvalue weighted by atomic mass is 10.0. The molecule has 1 aliphatic carbocycles. The Labute approximate surface area is 107 Å². The summed E-state index contributed by atoms with van der Waals surface area (Å²) in [6, 6.07) is 1.82. The van der Waals surface area contributed by atoms with E-state index in [9.17, 15) is 4.79 Å². The Bertz CT molecular complexity index is 381. The van der Waals surface area contributed by atoms with Crippen LogP contribution in [0.15, 0.2) is 10.6 Å². The molecule has 0 radical (unpaired) electrons. The lowest BCUT2D eigenvalue weighted by Gasteiger charge is -2.14. The number of carbonyl (C=O) groups excluding carboxylic acids is 1. The van der Waals surface area contributed by atoms with Crippen molar-refractivity contribution in [1.29, 1.82) is 0 Å². The molecule has 0 aromatic carbocycles. The Morgan fingerprint density at radius 3 is 2.94 bits per heavy atom. The van der Waals surface area contributed by atoms with Gasteiger partial charge in [0.25, 0.3) is 0 Å². The predicted octanol–water partition coefficient (Wildman–Crippen LogP) is 1.15. The van der Waals surface area contributed by atoms with Gasteiger partial charge in [0.15, 0.2) is 5.76 Å². The third kappa shape index (κ3) is 3.44. The lowest BCUT2D eigenvalue weighted by Crippen LogP contribution is -2.38. The van der Waals surface area contributed by atoms with Crippen molar-refractivity contribution in [1.82, 2.24) is 10.5 Å². The second-order valence-corrected chi connectivity index (χ2v) is 4.35. The summed E-state index contributed by atoms with van der Waals surface area (Å²) in [6.45, 7) is 2.24. The average molecular weight is 260 g/mol. The Kier molecular flexibility index (Phi) is 4.96. The Morgan fingerprint density at radius 2 is 2.41 bits per heavy atom. The minimum absolute atomic E-state index is 0. The first-order chi connectivity index (χ1) is 7.66. The van der Waals surface area contributed by atoms with Crippen molar-refractivity contribution >= 4 is 18.3 Å². The molecule has 1 heterocycles. The van der Waals surface area contributed by atoms with Crippen molar-refractivity contribution in [3.05, 3.63) is 17.5 Å². The summed E-state index contributed by atoms with van der Waals surface area (Å²) < 4.78 is 5.01. The van der Waals surface area contributed by atoms with Crippen molar-refractivity contribution in [2.24, 2.45) is 11.7 Å². The molecule has 1 aliphatic rings. The first kappa shape index (κ1) is 14.0. The minimum atomic E-state index is -0.0379. The van der Waals surface area contributed by atoms with E-state index in [0.717, 1.165) is 25.0 Å². The number of rotatable bonds is 3. The number of hydrogen-bond donors (Lipinski definition) is 2. The van der Waals surface area contributed by atoms with Gasteiger partial charge in [-0.15, -0.1) is 12.4 Å². The first-order valence-corrected chi connectivity index (χ1v) is 5.62. The van der Waals surface area contributed by atoms with E-state index < -0.39 is 0 Å². The van der Waals surface area contributed by atoms with Gasteiger partial charge in [-0.3, -0.25) is 4.79 Å². The van der Waals surface area contributed by atoms with Gasteiger partial charge in [-0.05, 0) is 19.8 Å². The van der Waals surface area contributed by atoms with Gasteiger partial charge in [-0.2, -0.15) is 0 Å². The second kappa shape index (κ2) is 6.02. The van der Waals surface area contributed by atoms with Gasteiger partial charge in [0.1, 0.15) is 0 Å². The van der Waals surface area contributed by atoms with Gasteiger partial charge in [0.05, 0.1) is 18.2 Å². The van der Waals surface area contributed by atoms with E-state index in [-0.39, 0.29) is 30.3 Å². The van der Waals surface area contributed by atoms with Crippen LogP contribution in [0.25, 0.3) is 0 Å². The lowest BCUT2D eigenvalue weighted by molar-refractivity contribution is -0.125. The van der Waals surface area contributed by atoms with E-state index in [0.29, 0.717) is 12.3 Å². The van der Waals surface area contributed by atoms with Crippen LogP contribution in [-0.2, 0) is 11.3 Å². The van der Waals surface area contributed by atoms with E-state index in [4.69, 9.17) is 10.3 Å². The minimum Gasteiger partial charge on any atom is -0.359 e. The molecule has 2 atom stereocenters. The van der Waals surface area contributed by atoms with Crippen LogP contribution in [0.1, 0.15) is 30.7 Å². The monoisotopic (exact) mass is 259 g/mol. The second-order valence-electron chi connectivity index (χ2n) is 4.35. The fourth-order valence-electron chi connectivity index (χ4n) is 2.12. The maximum Gasteiger partial charge on any atom is 0.225 e. The molecule has 1 aromatic rings. The average Bonchev–Trinajstić information content (AvgIpc) is 2.84. The zero-order valence-corrected chi connectivity index (χ0v) is 10.6. The van der Waals surface area contributed by atoms with Crippen LogP contribution >= 0.6 is 12.4 Å². The molecule has 1 aromatic heterocycles. The highest BCUT2D eigenvalue weighted by Crippen LogP contribution is 2.23. The van der Waals surface area contributed by atoms with Crippen molar-refractivity contribution in [2.75, 3.05) is 0 Å². The van der Waals surface area contributed by atoms with E-state index in [1.807, 2.05) is 13.0 Å². The third-order valence-corrected chi connectivity index (χ3v) is 3.02. The molecule has 3 N–H and O–H groups in total. The van der Waals surface area contributed by atoms with E-state index >= 15 is 0 Å². The van der Waals surface area contributed by atoms with Crippen molar-refractivity contribution < 1.29 is 9.32 Å². The van der Waals surface area contributed by atoms with Crippen molar-refractivity contribution in [2.45, 2.75) is 38.8 Å². The Morgan fingerprint density at radius 1 is 1.65 bits per heavy atom. The topological polar surface area (TPSA) is 81.2 Å². The van der Waals surface area contributed by atoms with Crippen LogP contribution in [0.2, 0.25) is 0 Å². The number of aromatic nitrogens is 1. The highest BCUT2D eigenvalue weighted by molar-refractivity contribution is 5.85. The normalized spacial score (nSPS) is 23.2. The summed E-state index contributed by atoms with van der Waals surface area (Å²) in [7, 11) is 0. The van der Waals surface area contributed by atoms with Crippen LogP contribution in [0.4, 0.5) is 0 Å². The quantitative estimate of drug-likeness (QED) is 0.853. The summed E-state index contributed by atoms with van der Waals surface area (Å²) in [5.41, 5.74) is 6.68. The molecular weight excluding hydrogens is 242 g/mol. The Balaban J connectivity index is 0.00000144. The molecule has 6 heteroatoms. The van der Waals surface area contributed by atoms with Crippen LogP contribution in [0.5, 0.6) is 0 Å².